The summed E-state index contributed by atoms with van der Waals surface area (Å²) in [6.07, 6.45) is 0. The number of anilines is 1. The minimum Gasteiger partial charge on any atom is -0.383 e. The maximum absolute atomic E-state index is 6.23. The van der Waals surface area contributed by atoms with Gasteiger partial charge in [0.2, 0.25) is 0 Å². The molecule has 2 N–H and O–H groups in total. The van der Waals surface area contributed by atoms with Crippen LogP contribution < -0.4 is 5.73 Å². The van der Waals surface area contributed by atoms with Crippen LogP contribution in [-0.2, 0) is 0 Å². The number of nitrogens with zero attached hydrogens (tertiary/aromatic N) is 2. The van der Waals surface area contributed by atoms with Crippen molar-refractivity contribution in [1.82, 2.24) is 9.55 Å². The molecule has 0 aliphatic rings. The summed E-state index contributed by atoms with van der Waals surface area (Å²) in [6.45, 7) is 10.5. The number of benzene rings is 1. The summed E-state index contributed by atoms with van der Waals surface area (Å²) in [5.74, 6) is 1.72. The molecule has 0 bridgehead atoms. The molecule has 1 aromatic heterocycles. The Morgan fingerprint density at radius 1 is 1.11 bits per heavy atom. The first kappa shape index (κ1) is 12.7. The molecule has 0 amide bonds. The minimum atomic E-state index is 0.331. The Hall–Kier alpha value is -1.77. The quantitative estimate of drug-likeness (QED) is 0.875. The van der Waals surface area contributed by atoms with E-state index in [1.165, 1.54) is 11.1 Å². The zero-order chi connectivity index (χ0) is 13.4. The van der Waals surface area contributed by atoms with E-state index in [2.05, 4.69) is 55.4 Å². The van der Waals surface area contributed by atoms with Gasteiger partial charge in [-0.15, -0.1) is 0 Å². The van der Waals surface area contributed by atoms with Gasteiger partial charge < -0.3 is 10.3 Å². The zero-order valence-corrected chi connectivity index (χ0v) is 11.8. The fourth-order valence-electron chi connectivity index (χ4n) is 2.31. The summed E-state index contributed by atoms with van der Waals surface area (Å²) < 4.78 is 2.07. The van der Waals surface area contributed by atoms with Gasteiger partial charge in [0.1, 0.15) is 17.3 Å². The van der Waals surface area contributed by atoms with E-state index in [9.17, 15) is 0 Å². The molecule has 0 radical (unpaired) electrons. The third-order valence-corrected chi connectivity index (χ3v) is 3.42. The van der Waals surface area contributed by atoms with Crippen LogP contribution in [0.25, 0.3) is 11.3 Å². The van der Waals surface area contributed by atoms with Crippen LogP contribution in [0.15, 0.2) is 18.2 Å². The molecule has 1 aromatic carbocycles. The van der Waals surface area contributed by atoms with Crippen LogP contribution in [0.2, 0.25) is 0 Å². The van der Waals surface area contributed by atoms with Crippen LogP contribution >= 0.6 is 0 Å². The molecule has 0 saturated heterocycles. The number of nitrogen functional groups attached to an aromatic ring is 1. The Balaban J connectivity index is 2.58. The van der Waals surface area contributed by atoms with Crippen molar-refractivity contribution in [2.45, 2.75) is 40.7 Å². The fraction of sp³-hybridized carbons (Fsp3) is 0.400. The number of hydrogen-bond donors (Lipinski definition) is 1. The zero-order valence-electron chi connectivity index (χ0n) is 11.8. The van der Waals surface area contributed by atoms with Gasteiger partial charge in [-0.25, -0.2) is 4.98 Å². The first-order chi connectivity index (χ1) is 8.41. The minimum absolute atomic E-state index is 0.331. The van der Waals surface area contributed by atoms with Gasteiger partial charge in [0.25, 0.3) is 0 Å². The summed E-state index contributed by atoms with van der Waals surface area (Å²) in [5, 5.41) is 0. The third-order valence-electron chi connectivity index (χ3n) is 3.42. The maximum atomic E-state index is 6.23. The van der Waals surface area contributed by atoms with E-state index in [0.29, 0.717) is 6.04 Å². The Morgan fingerprint density at radius 3 is 2.28 bits per heavy atom. The molecule has 0 unspecified atom stereocenters. The Bertz CT molecular complexity index is 580. The molecule has 2 rings (SSSR count). The topological polar surface area (TPSA) is 43.8 Å². The summed E-state index contributed by atoms with van der Waals surface area (Å²) in [5.41, 5.74) is 10.8. The molecule has 0 aliphatic carbocycles. The SMILES string of the molecule is Cc1ccc(-c2nc(C)n(C(C)C)c2N)cc1C. The van der Waals surface area contributed by atoms with Crippen LogP contribution in [-0.4, -0.2) is 9.55 Å². The highest BCUT2D eigenvalue weighted by atomic mass is 15.2. The molecule has 0 saturated carbocycles. The largest absolute Gasteiger partial charge is 0.383 e. The van der Waals surface area contributed by atoms with Crippen LogP contribution in [0, 0.1) is 20.8 Å². The monoisotopic (exact) mass is 243 g/mol. The van der Waals surface area contributed by atoms with Crippen LogP contribution in [0.4, 0.5) is 5.82 Å². The third kappa shape index (κ3) is 2.01. The van der Waals surface area contributed by atoms with Crippen molar-refractivity contribution >= 4 is 5.82 Å². The van der Waals surface area contributed by atoms with Gasteiger partial charge in [0.05, 0.1) is 0 Å². The van der Waals surface area contributed by atoms with E-state index in [0.717, 1.165) is 22.9 Å². The molecule has 96 valence electrons. The van der Waals surface area contributed by atoms with Crippen molar-refractivity contribution in [3.63, 3.8) is 0 Å². The van der Waals surface area contributed by atoms with E-state index in [-0.39, 0.29) is 0 Å². The lowest BCUT2D eigenvalue weighted by atomic mass is 10.0. The Kier molecular flexibility index (Phi) is 3.16. The fourth-order valence-corrected chi connectivity index (χ4v) is 2.31. The standard InChI is InChI=1S/C15H21N3/c1-9(2)18-12(5)17-14(15(18)16)13-7-6-10(3)11(4)8-13/h6-9H,16H2,1-5H3. The number of hydrogen-bond acceptors (Lipinski definition) is 2. The molecule has 0 fully saturated rings. The van der Waals surface area contributed by atoms with Crippen molar-refractivity contribution in [3.05, 3.63) is 35.2 Å². The van der Waals surface area contributed by atoms with Crippen molar-refractivity contribution in [2.24, 2.45) is 0 Å². The van der Waals surface area contributed by atoms with E-state index in [1.807, 2.05) is 6.92 Å². The van der Waals surface area contributed by atoms with E-state index in [4.69, 9.17) is 5.73 Å². The average molecular weight is 243 g/mol. The lowest BCUT2D eigenvalue weighted by molar-refractivity contribution is 0.590. The number of rotatable bonds is 2. The van der Waals surface area contributed by atoms with Gasteiger partial charge in [-0.05, 0) is 51.8 Å². The van der Waals surface area contributed by atoms with Gasteiger partial charge in [-0.2, -0.15) is 0 Å². The number of nitrogens with two attached hydrogens (primary N) is 1. The van der Waals surface area contributed by atoms with Crippen molar-refractivity contribution in [1.29, 1.82) is 0 Å². The molecule has 1 heterocycles. The molecule has 2 aromatic rings. The molecule has 3 nitrogen and oxygen atoms in total. The van der Waals surface area contributed by atoms with Gasteiger partial charge in [0.15, 0.2) is 0 Å². The normalized spacial score (nSPS) is 11.2. The second kappa shape index (κ2) is 4.48. The second-order valence-corrected chi connectivity index (χ2v) is 5.16. The van der Waals surface area contributed by atoms with Gasteiger partial charge in [0, 0.05) is 11.6 Å². The summed E-state index contributed by atoms with van der Waals surface area (Å²) in [7, 11) is 0. The van der Waals surface area contributed by atoms with Crippen molar-refractivity contribution in [2.75, 3.05) is 5.73 Å². The molecule has 0 atom stereocenters. The van der Waals surface area contributed by atoms with Crippen molar-refractivity contribution in [3.8, 4) is 11.3 Å². The molecular weight excluding hydrogens is 222 g/mol. The lowest BCUT2D eigenvalue weighted by Crippen LogP contribution is -2.07. The smallest absolute Gasteiger partial charge is 0.131 e. The highest BCUT2D eigenvalue weighted by Gasteiger charge is 2.15. The van der Waals surface area contributed by atoms with Gasteiger partial charge in [-0.1, -0.05) is 12.1 Å². The van der Waals surface area contributed by atoms with Gasteiger partial charge >= 0.3 is 0 Å². The first-order valence-electron chi connectivity index (χ1n) is 6.33. The maximum Gasteiger partial charge on any atom is 0.131 e. The number of aromatic nitrogens is 2. The second-order valence-electron chi connectivity index (χ2n) is 5.16. The molecule has 0 spiro atoms. The van der Waals surface area contributed by atoms with Gasteiger partial charge in [-0.3, -0.25) is 0 Å². The van der Waals surface area contributed by atoms with E-state index in [1.54, 1.807) is 0 Å². The molecule has 0 aliphatic heterocycles. The van der Waals surface area contributed by atoms with Crippen LogP contribution in [0.5, 0.6) is 0 Å². The highest BCUT2D eigenvalue weighted by Crippen LogP contribution is 2.29. The predicted molar refractivity (Wildman–Crippen MR) is 76.7 cm³/mol. The highest BCUT2D eigenvalue weighted by molar-refractivity contribution is 5.72. The first-order valence-corrected chi connectivity index (χ1v) is 6.33. The number of aryl methyl sites for hydroxylation is 3. The summed E-state index contributed by atoms with van der Waals surface area (Å²) >= 11 is 0. The Labute approximate surface area is 109 Å². The Morgan fingerprint density at radius 2 is 1.78 bits per heavy atom. The summed E-state index contributed by atoms with van der Waals surface area (Å²) in [6, 6.07) is 6.69. The predicted octanol–water partition coefficient (Wildman–Crippen LogP) is 3.64. The van der Waals surface area contributed by atoms with Crippen LogP contribution in [0.1, 0.15) is 36.8 Å². The molecular formula is C15H21N3. The van der Waals surface area contributed by atoms with E-state index < -0.39 is 0 Å². The summed E-state index contributed by atoms with van der Waals surface area (Å²) in [4.78, 5) is 4.61. The molecule has 18 heavy (non-hydrogen) atoms. The number of imidazole rings is 1. The van der Waals surface area contributed by atoms with Crippen molar-refractivity contribution < 1.29 is 0 Å². The van der Waals surface area contributed by atoms with Crippen LogP contribution in [0.3, 0.4) is 0 Å². The molecule has 3 heteroatoms. The lowest BCUT2D eigenvalue weighted by Gasteiger charge is -2.11. The van der Waals surface area contributed by atoms with E-state index >= 15 is 0 Å². The average Bonchev–Trinajstić information content (AvgIpc) is 2.58.